The third-order valence-corrected chi connectivity index (χ3v) is 2.97. The molecule has 2 heterocycles. The molecule has 0 aromatic carbocycles. The number of carbonyl (C=O) groups is 1. The largest absolute Gasteiger partial charge is 0.349 e. The van der Waals surface area contributed by atoms with E-state index in [1.807, 2.05) is 19.1 Å². The fraction of sp³-hybridized carbons (Fsp3) is 0.500. The maximum Gasteiger partial charge on any atom is 0.224 e. The minimum Gasteiger partial charge on any atom is -0.349 e. The number of carbonyl (C=O) groups excluding carboxylic acids is 1. The lowest BCUT2D eigenvalue weighted by Gasteiger charge is -2.16. The van der Waals surface area contributed by atoms with E-state index in [1.165, 1.54) is 0 Å². The highest BCUT2D eigenvalue weighted by Crippen LogP contribution is 2.13. The fourth-order valence-electron chi connectivity index (χ4n) is 1.93. The van der Waals surface area contributed by atoms with Crippen molar-refractivity contribution in [3.8, 4) is 0 Å². The highest BCUT2D eigenvalue weighted by atomic mass is 35.5. The quantitative estimate of drug-likeness (QED) is 0.892. The topological polar surface area (TPSA) is 54.0 Å². The van der Waals surface area contributed by atoms with Gasteiger partial charge in [-0.25, -0.2) is 0 Å². The van der Waals surface area contributed by atoms with Gasteiger partial charge in [-0.2, -0.15) is 0 Å². The van der Waals surface area contributed by atoms with Crippen molar-refractivity contribution in [3.05, 3.63) is 30.1 Å². The predicted molar refractivity (Wildman–Crippen MR) is 76.3 cm³/mol. The van der Waals surface area contributed by atoms with E-state index in [0.29, 0.717) is 0 Å². The van der Waals surface area contributed by atoms with E-state index >= 15 is 0 Å². The summed E-state index contributed by atoms with van der Waals surface area (Å²) in [5, 5.41) is 6.21. The maximum absolute atomic E-state index is 11.9. The number of pyridine rings is 1. The molecule has 1 amide bonds. The summed E-state index contributed by atoms with van der Waals surface area (Å²) in [5.41, 5.74) is 1.04. The van der Waals surface area contributed by atoms with Crippen LogP contribution >= 0.6 is 24.8 Å². The number of hydrogen-bond acceptors (Lipinski definition) is 3. The molecule has 2 atom stereocenters. The normalized spacial score (nSPS) is 19.3. The average Bonchev–Trinajstić information content (AvgIpc) is 2.83. The molecule has 4 nitrogen and oxygen atoms in total. The van der Waals surface area contributed by atoms with E-state index in [0.717, 1.165) is 25.1 Å². The van der Waals surface area contributed by atoms with Crippen molar-refractivity contribution < 1.29 is 4.79 Å². The Morgan fingerprint density at radius 3 is 2.89 bits per heavy atom. The van der Waals surface area contributed by atoms with Crippen molar-refractivity contribution in [3.63, 3.8) is 0 Å². The summed E-state index contributed by atoms with van der Waals surface area (Å²) in [6.45, 7) is 3.72. The number of nitrogens with one attached hydrogen (secondary N) is 2. The van der Waals surface area contributed by atoms with Gasteiger partial charge in [0.15, 0.2) is 0 Å². The van der Waals surface area contributed by atoms with Gasteiger partial charge in [-0.3, -0.25) is 9.78 Å². The highest BCUT2D eigenvalue weighted by Gasteiger charge is 2.23. The zero-order valence-corrected chi connectivity index (χ0v) is 11.9. The molecule has 2 rings (SSSR count). The van der Waals surface area contributed by atoms with E-state index < -0.39 is 0 Å². The molecule has 1 aromatic heterocycles. The summed E-state index contributed by atoms with van der Waals surface area (Å²) < 4.78 is 0. The third-order valence-electron chi connectivity index (χ3n) is 2.97. The first-order valence-electron chi connectivity index (χ1n) is 5.68. The summed E-state index contributed by atoms with van der Waals surface area (Å²) >= 11 is 0. The highest BCUT2D eigenvalue weighted by molar-refractivity contribution is 5.85. The summed E-state index contributed by atoms with van der Waals surface area (Å²) in [7, 11) is 0. The molecule has 2 N–H and O–H groups in total. The fourth-order valence-corrected chi connectivity index (χ4v) is 1.93. The molecule has 1 aromatic rings. The van der Waals surface area contributed by atoms with Crippen LogP contribution < -0.4 is 10.6 Å². The Morgan fingerprint density at radius 2 is 2.33 bits per heavy atom. The lowest BCUT2D eigenvalue weighted by Crippen LogP contribution is -2.33. The lowest BCUT2D eigenvalue weighted by atomic mass is 10.1. The SMILES string of the molecule is C[C@H](NC(=O)C1CCNC1)c1cccnc1.Cl.Cl. The van der Waals surface area contributed by atoms with E-state index in [4.69, 9.17) is 0 Å². The molecule has 0 radical (unpaired) electrons. The Labute approximate surface area is 120 Å². The van der Waals surface area contributed by atoms with Crippen LogP contribution in [0.3, 0.4) is 0 Å². The molecule has 1 unspecified atom stereocenters. The second-order valence-corrected chi connectivity index (χ2v) is 4.21. The Balaban J connectivity index is 0.00000144. The van der Waals surface area contributed by atoms with E-state index in [9.17, 15) is 4.79 Å². The van der Waals surface area contributed by atoms with Crippen molar-refractivity contribution >= 4 is 30.7 Å². The van der Waals surface area contributed by atoms with Crippen LogP contribution in [0.25, 0.3) is 0 Å². The van der Waals surface area contributed by atoms with E-state index in [1.54, 1.807) is 12.4 Å². The molecule has 6 heteroatoms. The first-order chi connectivity index (χ1) is 7.77. The van der Waals surface area contributed by atoms with Gasteiger partial charge in [-0.15, -0.1) is 24.8 Å². The van der Waals surface area contributed by atoms with Crippen molar-refractivity contribution in [2.45, 2.75) is 19.4 Å². The molecule has 0 bridgehead atoms. The van der Waals surface area contributed by atoms with Crippen LogP contribution in [0.2, 0.25) is 0 Å². The van der Waals surface area contributed by atoms with Gasteiger partial charge < -0.3 is 10.6 Å². The molecule has 0 saturated carbocycles. The molecule has 0 spiro atoms. The van der Waals surface area contributed by atoms with Gasteiger partial charge in [0, 0.05) is 18.9 Å². The predicted octanol–water partition coefficient (Wildman–Crippen LogP) is 1.71. The average molecular weight is 292 g/mol. The molecular formula is C12H19Cl2N3O. The van der Waals surface area contributed by atoms with Crippen LogP contribution in [0.15, 0.2) is 24.5 Å². The Morgan fingerprint density at radius 1 is 1.56 bits per heavy atom. The smallest absolute Gasteiger partial charge is 0.224 e. The number of rotatable bonds is 3. The van der Waals surface area contributed by atoms with Crippen LogP contribution in [0.4, 0.5) is 0 Å². The van der Waals surface area contributed by atoms with Crippen molar-refractivity contribution in [2.24, 2.45) is 5.92 Å². The maximum atomic E-state index is 11.9. The molecule has 1 saturated heterocycles. The first kappa shape index (κ1) is 17.2. The standard InChI is InChI=1S/C12H17N3O.2ClH/c1-9(10-3-2-5-13-7-10)15-12(16)11-4-6-14-8-11;;/h2-3,5,7,9,11,14H,4,6,8H2,1H3,(H,15,16);2*1H/t9-,11?;;/m0../s1. The number of nitrogens with zero attached hydrogens (tertiary/aromatic N) is 1. The molecule has 0 aliphatic carbocycles. The molecule has 1 fully saturated rings. The number of hydrogen-bond donors (Lipinski definition) is 2. The Kier molecular flexibility index (Phi) is 7.91. The zero-order valence-electron chi connectivity index (χ0n) is 10.3. The minimum absolute atomic E-state index is 0. The van der Waals surface area contributed by atoms with Crippen LogP contribution in [0.1, 0.15) is 24.9 Å². The summed E-state index contributed by atoms with van der Waals surface area (Å²) in [4.78, 5) is 15.9. The van der Waals surface area contributed by atoms with Gasteiger partial charge in [0.25, 0.3) is 0 Å². The molecule has 1 aliphatic rings. The van der Waals surface area contributed by atoms with Crippen molar-refractivity contribution in [1.29, 1.82) is 0 Å². The van der Waals surface area contributed by atoms with Gasteiger partial charge in [0.05, 0.1) is 12.0 Å². The zero-order chi connectivity index (χ0) is 11.4. The number of amides is 1. The third kappa shape index (κ3) is 4.44. The van der Waals surface area contributed by atoms with E-state index in [2.05, 4.69) is 15.6 Å². The number of halogens is 2. The molecule has 18 heavy (non-hydrogen) atoms. The van der Waals surface area contributed by atoms with Crippen LogP contribution in [-0.2, 0) is 4.79 Å². The summed E-state index contributed by atoms with van der Waals surface area (Å²) in [6, 6.07) is 3.89. The lowest BCUT2D eigenvalue weighted by molar-refractivity contribution is -0.125. The van der Waals surface area contributed by atoms with Gasteiger partial charge in [-0.1, -0.05) is 6.07 Å². The van der Waals surface area contributed by atoms with Gasteiger partial charge in [-0.05, 0) is 31.5 Å². The molecular weight excluding hydrogens is 273 g/mol. The minimum atomic E-state index is 0. The van der Waals surface area contributed by atoms with Crippen LogP contribution in [0.5, 0.6) is 0 Å². The first-order valence-corrected chi connectivity index (χ1v) is 5.68. The van der Waals surface area contributed by atoms with Gasteiger partial charge in [0.1, 0.15) is 0 Å². The second-order valence-electron chi connectivity index (χ2n) is 4.21. The van der Waals surface area contributed by atoms with Gasteiger partial charge in [0.2, 0.25) is 5.91 Å². The molecule has 102 valence electrons. The van der Waals surface area contributed by atoms with Crippen LogP contribution in [-0.4, -0.2) is 24.0 Å². The van der Waals surface area contributed by atoms with Crippen LogP contribution in [0, 0.1) is 5.92 Å². The van der Waals surface area contributed by atoms with Crippen molar-refractivity contribution in [1.82, 2.24) is 15.6 Å². The van der Waals surface area contributed by atoms with Crippen molar-refractivity contribution in [2.75, 3.05) is 13.1 Å². The Bertz CT molecular complexity index is 356. The summed E-state index contributed by atoms with van der Waals surface area (Å²) in [5.74, 6) is 0.264. The van der Waals surface area contributed by atoms with E-state index in [-0.39, 0.29) is 42.7 Å². The molecule has 1 aliphatic heterocycles. The second kappa shape index (κ2) is 8.29. The Hall–Kier alpha value is -0.840. The number of aromatic nitrogens is 1. The summed E-state index contributed by atoms with van der Waals surface area (Å²) in [6.07, 6.45) is 4.46. The monoisotopic (exact) mass is 291 g/mol. The van der Waals surface area contributed by atoms with Gasteiger partial charge >= 0.3 is 0 Å².